The average Bonchev–Trinajstić information content (AvgIpc) is 3.31. The van der Waals surface area contributed by atoms with Crippen molar-refractivity contribution >= 4 is 11.3 Å². The lowest BCUT2D eigenvalue weighted by Crippen LogP contribution is -2.22. The molecule has 24 heavy (non-hydrogen) atoms. The average molecular weight is 338 g/mol. The molecule has 4 rings (SSSR count). The Balaban J connectivity index is 1.60. The van der Waals surface area contributed by atoms with Crippen LogP contribution in [0.3, 0.4) is 0 Å². The van der Waals surface area contributed by atoms with Crippen molar-refractivity contribution in [2.75, 3.05) is 6.54 Å². The molecule has 0 bridgehead atoms. The number of aromatic amines is 1. The summed E-state index contributed by atoms with van der Waals surface area (Å²) in [5.74, 6) is 0. The fraction of sp³-hybridized carbons (Fsp3) is 0.368. The summed E-state index contributed by atoms with van der Waals surface area (Å²) < 4.78 is 0. The van der Waals surface area contributed by atoms with Gasteiger partial charge in [-0.05, 0) is 50.4 Å². The molecular weight excluding hydrogens is 316 g/mol. The lowest BCUT2D eigenvalue weighted by molar-refractivity contribution is 0.248. The third-order valence-electron chi connectivity index (χ3n) is 4.99. The Morgan fingerprint density at radius 2 is 2.21 bits per heavy atom. The van der Waals surface area contributed by atoms with E-state index in [0.29, 0.717) is 6.04 Å². The summed E-state index contributed by atoms with van der Waals surface area (Å²) in [4.78, 5) is 7.07. The summed E-state index contributed by atoms with van der Waals surface area (Å²) in [6.07, 6.45) is 6.32. The second-order valence-electron chi connectivity index (χ2n) is 6.57. The first-order chi connectivity index (χ1) is 11.7. The van der Waals surface area contributed by atoms with E-state index in [4.69, 9.17) is 0 Å². The summed E-state index contributed by atoms with van der Waals surface area (Å²) >= 11 is 1.76. The van der Waals surface area contributed by atoms with Crippen LogP contribution < -0.4 is 0 Å². The number of aromatic nitrogens is 3. The van der Waals surface area contributed by atoms with E-state index in [1.807, 2.05) is 12.4 Å². The lowest BCUT2D eigenvalue weighted by atomic mass is 10.0. The topological polar surface area (TPSA) is 44.8 Å². The van der Waals surface area contributed by atoms with Gasteiger partial charge in [-0.2, -0.15) is 5.10 Å². The molecule has 0 radical (unpaired) electrons. The van der Waals surface area contributed by atoms with E-state index in [1.165, 1.54) is 40.1 Å². The molecule has 5 heteroatoms. The Bertz CT molecular complexity index is 822. The molecule has 2 aromatic heterocycles. The van der Waals surface area contributed by atoms with Gasteiger partial charge in [-0.25, -0.2) is 4.98 Å². The van der Waals surface area contributed by atoms with Crippen molar-refractivity contribution in [3.05, 3.63) is 57.7 Å². The van der Waals surface area contributed by atoms with E-state index >= 15 is 0 Å². The fourth-order valence-electron chi connectivity index (χ4n) is 3.49. The van der Waals surface area contributed by atoms with Crippen LogP contribution in [0, 0.1) is 13.8 Å². The Labute approximate surface area is 146 Å². The number of hydrogen-bond acceptors (Lipinski definition) is 4. The lowest BCUT2D eigenvalue weighted by Gasteiger charge is -2.22. The molecule has 1 N–H and O–H groups in total. The van der Waals surface area contributed by atoms with Crippen molar-refractivity contribution in [2.24, 2.45) is 0 Å². The largest absolute Gasteiger partial charge is 0.290 e. The molecule has 4 nitrogen and oxygen atoms in total. The van der Waals surface area contributed by atoms with Gasteiger partial charge in [0.1, 0.15) is 5.01 Å². The van der Waals surface area contributed by atoms with Crippen molar-refractivity contribution < 1.29 is 0 Å². The van der Waals surface area contributed by atoms with Gasteiger partial charge >= 0.3 is 0 Å². The Kier molecular flexibility index (Phi) is 4.21. The molecule has 3 aromatic rings. The zero-order chi connectivity index (χ0) is 16.5. The van der Waals surface area contributed by atoms with Crippen LogP contribution in [0.2, 0.25) is 0 Å². The van der Waals surface area contributed by atoms with Gasteiger partial charge in [-0.1, -0.05) is 12.1 Å². The zero-order valence-electron chi connectivity index (χ0n) is 14.1. The van der Waals surface area contributed by atoms with Crippen LogP contribution in [0.4, 0.5) is 0 Å². The van der Waals surface area contributed by atoms with Gasteiger partial charge in [-0.3, -0.25) is 10.00 Å². The molecule has 1 unspecified atom stereocenters. The van der Waals surface area contributed by atoms with Gasteiger partial charge in [0.15, 0.2) is 0 Å². The number of nitrogens with one attached hydrogen (secondary N) is 1. The highest BCUT2D eigenvalue weighted by Crippen LogP contribution is 2.35. The van der Waals surface area contributed by atoms with Gasteiger partial charge in [0.25, 0.3) is 0 Å². The third kappa shape index (κ3) is 2.89. The fourth-order valence-corrected chi connectivity index (χ4v) is 4.30. The quantitative estimate of drug-likeness (QED) is 0.762. The first kappa shape index (κ1) is 15.5. The minimum Gasteiger partial charge on any atom is -0.290 e. The predicted molar refractivity (Wildman–Crippen MR) is 98.0 cm³/mol. The number of thiazole rings is 1. The minimum atomic E-state index is 0.451. The molecule has 3 heterocycles. The Hall–Kier alpha value is -1.98. The van der Waals surface area contributed by atoms with E-state index in [-0.39, 0.29) is 0 Å². The highest BCUT2D eigenvalue weighted by molar-refractivity contribution is 7.09. The number of nitrogens with zero attached hydrogens (tertiary/aromatic N) is 3. The molecule has 0 saturated carbocycles. The first-order valence-corrected chi connectivity index (χ1v) is 9.33. The number of benzene rings is 1. The van der Waals surface area contributed by atoms with E-state index in [9.17, 15) is 0 Å². The van der Waals surface area contributed by atoms with Crippen LogP contribution >= 0.6 is 11.3 Å². The summed E-state index contributed by atoms with van der Waals surface area (Å²) in [6, 6.07) is 7.06. The highest BCUT2D eigenvalue weighted by atomic mass is 32.1. The molecule has 1 saturated heterocycles. The van der Waals surface area contributed by atoms with Crippen molar-refractivity contribution in [3.8, 4) is 11.3 Å². The van der Waals surface area contributed by atoms with Crippen LogP contribution in [-0.4, -0.2) is 26.6 Å². The number of likely N-dealkylation sites (tertiary alicyclic amines) is 1. The molecule has 1 atom stereocenters. The Morgan fingerprint density at radius 3 is 3.00 bits per heavy atom. The van der Waals surface area contributed by atoms with Gasteiger partial charge in [0.2, 0.25) is 0 Å². The standard InChI is InChI=1S/C19H22N4S/c1-13-5-6-15(10-14(13)2)18-16(11-21-22-18)12-23-8-3-4-17(23)19-20-7-9-24-19/h5-7,9-11,17H,3-4,8,12H2,1-2H3,(H,21,22). The van der Waals surface area contributed by atoms with E-state index in [1.54, 1.807) is 11.3 Å². The SMILES string of the molecule is Cc1ccc(-c2[nH]ncc2CN2CCCC2c2nccs2)cc1C. The van der Waals surface area contributed by atoms with Crippen molar-refractivity contribution in [2.45, 2.75) is 39.3 Å². The molecular formula is C19H22N4S. The first-order valence-electron chi connectivity index (χ1n) is 8.45. The van der Waals surface area contributed by atoms with Gasteiger partial charge in [-0.15, -0.1) is 11.3 Å². The summed E-state index contributed by atoms with van der Waals surface area (Å²) in [6.45, 7) is 6.36. The van der Waals surface area contributed by atoms with E-state index in [2.05, 4.69) is 57.5 Å². The normalized spacial score (nSPS) is 18.3. The maximum Gasteiger partial charge on any atom is 0.110 e. The number of rotatable bonds is 4. The summed E-state index contributed by atoms with van der Waals surface area (Å²) in [5, 5.41) is 10.8. The van der Waals surface area contributed by atoms with Crippen LogP contribution in [0.15, 0.2) is 36.0 Å². The molecule has 1 aliphatic heterocycles. The molecule has 1 aromatic carbocycles. The second kappa shape index (κ2) is 6.49. The minimum absolute atomic E-state index is 0.451. The van der Waals surface area contributed by atoms with E-state index < -0.39 is 0 Å². The molecule has 0 spiro atoms. The number of aryl methyl sites for hydroxylation is 2. The maximum atomic E-state index is 4.53. The van der Waals surface area contributed by atoms with Crippen LogP contribution in [0.25, 0.3) is 11.3 Å². The summed E-state index contributed by atoms with van der Waals surface area (Å²) in [7, 11) is 0. The van der Waals surface area contributed by atoms with Crippen molar-refractivity contribution in [1.29, 1.82) is 0 Å². The maximum absolute atomic E-state index is 4.53. The van der Waals surface area contributed by atoms with Crippen molar-refractivity contribution in [3.63, 3.8) is 0 Å². The molecule has 1 fully saturated rings. The third-order valence-corrected chi connectivity index (χ3v) is 5.86. The molecule has 124 valence electrons. The Morgan fingerprint density at radius 1 is 1.29 bits per heavy atom. The molecule has 0 amide bonds. The zero-order valence-corrected chi connectivity index (χ0v) is 14.9. The highest BCUT2D eigenvalue weighted by Gasteiger charge is 2.28. The van der Waals surface area contributed by atoms with Gasteiger partial charge < -0.3 is 0 Å². The predicted octanol–water partition coefficient (Wildman–Crippen LogP) is 4.49. The second-order valence-corrected chi connectivity index (χ2v) is 7.49. The monoisotopic (exact) mass is 338 g/mol. The van der Waals surface area contributed by atoms with E-state index in [0.717, 1.165) is 18.8 Å². The smallest absolute Gasteiger partial charge is 0.110 e. The van der Waals surface area contributed by atoms with Crippen LogP contribution in [0.1, 0.15) is 40.6 Å². The number of H-pyrrole nitrogens is 1. The molecule has 0 aliphatic carbocycles. The molecule has 1 aliphatic rings. The van der Waals surface area contributed by atoms with Gasteiger partial charge in [0.05, 0.1) is 17.9 Å². The van der Waals surface area contributed by atoms with Gasteiger partial charge in [0, 0.05) is 29.2 Å². The van der Waals surface area contributed by atoms with Crippen LogP contribution in [-0.2, 0) is 6.54 Å². The number of hydrogen-bond donors (Lipinski definition) is 1. The van der Waals surface area contributed by atoms with Crippen molar-refractivity contribution in [1.82, 2.24) is 20.1 Å². The van der Waals surface area contributed by atoms with Crippen LogP contribution in [0.5, 0.6) is 0 Å². The summed E-state index contributed by atoms with van der Waals surface area (Å²) in [5.41, 5.74) is 6.26.